The van der Waals surface area contributed by atoms with Gasteiger partial charge in [-0.25, -0.2) is 0 Å². The molecule has 1 saturated carbocycles. The van der Waals surface area contributed by atoms with Gasteiger partial charge in [0.2, 0.25) is 0 Å². The van der Waals surface area contributed by atoms with E-state index in [4.69, 9.17) is 31.1 Å². The number of halogens is 1. The van der Waals surface area contributed by atoms with E-state index in [0.29, 0.717) is 40.3 Å². The zero-order valence-corrected chi connectivity index (χ0v) is 21.6. The van der Waals surface area contributed by atoms with Crippen molar-refractivity contribution in [2.75, 3.05) is 32.2 Å². The van der Waals surface area contributed by atoms with Gasteiger partial charge in [0, 0.05) is 45.7 Å². The zero-order valence-electron chi connectivity index (χ0n) is 20.9. The van der Waals surface area contributed by atoms with Gasteiger partial charge in [-0.2, -0.15) is 5.26 Å². The third kappa shape index (κ3) is 6.52. The topological polar surface area (TPSA) is 97.6 Å². The summed E-state index contributed by atoms with van der Waals surface area (Å²) in [7, 11) is 3.35. The Morgan fingerprint density at radius 2 is 1.81 bits per heavy atom. The van der Waals surface area contributed by atoms with E-state index in [-0.39, 0.29) is 18.2 Å². The van der Waals surface area contributed by atoms with Crippen LogP contribution < -0.4 is 9.64 Å². The van der Waals surface area contributed by atoms with Crippen LogP contribution in [-0.2, 0) is 9.47 Å². The fourth-order valence-corrected chi connectivity index (χ4v) is 5.41. The van der Waals surface area contributed by atoms with Crippen LogP contribution in [0, 0.1) is 23.2 Å². The number of benzene rings is 1. The lowest BCUT2D eigenvalue weighted by atomic mass is 9.84. The van der Waals surface area contributed by atoms with Crippen LogP contribution in [0.1, 0.15) is 61.0 Å². The second-order valence-corrected chi connectivity index (χ2v) is 9.99. The summed E-state index contributed by atoms with van der Waals surface area (Å²) in [4.78, 5) is 15.0. The number of anilines is 1. The maximum atomic E-state index is 12.8. The predicted octanol–water partition coefficient (Wildman–Crippen LogP) is 5.05. The molecule has 8 nitrogen and oxygen atoms in total. The number of hydrogen-bond donors (Lipinski definition) is 0. The molecule has 2 aliphatic rings. The standard InChI is InChI=1S/C27H33ClN4O4/c1-34-27(35-2)19-11-13-32(14-12-19)26-10-9-24(30-31-26)25(33)15-18-3-6-21(7-4-18)36-22-8-5-20(17-29)23(28)16-22/h5,8-10,16,18-19,21,27H,3-4,6-7,11-15H2,1-2H3. The number of Topliss-reactive ketones (excluding diaryl/α,β-unsaturated/α-hetero) is 1. The van der Waals surface area contributed by atoms with E-state index in [2.05, 4.69) is 21.2 Å². The Morgan fingerprint density at radius 3 is 2.39 bits per heavy atom. The van der Waals surface area contributed by atoms with Crippen LogP contribution in [-0.4, -0.2) is 55.7 Å². The summed E-state index contributed by atoms with van der Waals surface area (Å²) in [5, 5.41) is 18.0. The fraction of sp³-hybridized carbons (Fsp3) is 0.556. The van der Waals surface area contributed by atoms with Crippen molar-refractivity contribution >= 4 is 23.2 Å². The lowest BCUT2D eigenvalue weighted by Crippen LogP contribution is -2.39. The van der Waals surface area contributed by atoms with Gasteiger partial charge in [0.15, 0.2) is 17.9 Å². The molecule has 0 atom stereocenters. The molecule has 0 spiro atoms. The van der Waals surface area contributed by atoms with Crippen LogP contribution in [0.25, 0.3) is 0 Å². The number of carbonyl (C=O) groups excluding carboxylic acids is 1. The Hall–Kier alpha value is -2.73. The Kier molecular flexibility index (Phi) is 9.13. The third-order valence-electron chi connectivity index (χ3n) is 7.28. The molecule has 0 unspecified atom stereocenters. The first-order valence-electron chi connectivity index (χ1n) is 12.5. The highest BCUT2D eigenvalue weighted by molar-refractivity contribution is 6.31. The van der Waals surface area contributed by atoms with Crippen molar-refractivity contribution in [2.45, 2.75) is 57.3 Å². The smallest absolute Gasteiger partial charge is 0.183 e. The Labute approximate surface area is 217 Å². The molecule has 0 amide bonds. The van der Waals surface area contributed by atoms with E-state index in [1.54, 1.807) is 38.5 Å². The lowest BCUT2D eigenvalue weighted by molar-refractivity contribution is -0.141. The van der Waals surface area contributed by atoms with E-state index in [1.807, 2.05) is 6.07 Å². The average Bonchev–Trinajstić information content (AvgIpc) is 2.91. The van der Waals surface area contributed by atoms with Gasteiger partial charge >= 0.3 is 0 Å². The molecule has 2 fully saturated rings. The third-order valence-corrected chi connectivity index (χ3v) is 7.59. The van der Waals surface area contributed by atoms with E-state index in [9.17, 15) is 4.79 Å². The summed E-state index contributed by atoms with van der Waals surface area (Å²) >= 11 is 6.10. The van der Waals surface area contributed by atoms with Gasteiger partial charge < -0.3 is 19.1 Å². The Bertz CT molecular complexity index is 1050. The quantitative estimate of drug-likeness (QED) is 0.340. The van der Waals surface area contributed by atoms with Gasteiger partial charge in [-0.1, -0.05) is 11.6 Å². The molecule has 1 aliphatic heterocycles. The highest BCUT2D eigenvalue weighted by atomic mass is 35.5. The molecule has 0 N–H and O–H groups in total. The van der Waals surface area contributed by atoms with Crippen molar-refractivity contribution in [3.05, 3.63) is 46.6 Å². The number of hydrogen-bond acceptors (Lipinski definition) is 8. The summed E-state index contributed by atoms with van der Waals surface area (Å²) in [6, 6.07) is 10.9. The zero-order chi connectivity index (χ0) is 25.5. The molecule has 9 heteroatoms. The molecule has 4 rings (SSSR count). The van der Waals surface area contributed by atoms with Crippen LogP contribution in [0.5, 0.6) is 5.75 Å². The van der Waals surface area contributed by atoms with Crippen LogP contribution in [0.4, 0.5) is 5.82 Å². The van der Waals surface area contributed by atoms with Crippen molar-refractivity contribution in [1.82, 2.24) is 10.2 Å². The van der Waals surface area contributed by atoms with Crippen molar-refractivity contribution in [2.24, 2.45) is 11.8 Å². The molecule has 0 radical (unpaired) electrons. The summed E-state index contributed by atoms with van der Waals surface area (Å²) in [5.41, 5.74) is 0.868. The molecule has 36 heavy (non-hydrogen) atoms. The van der Waals surface area contributed by atoms with Crippen LogP contribution in [0.3, 0.4) is 0 Å². The normalized spacial score (nSPS) is 20.8. The number of aromatic nitrogens is 2. The minimum Gasteiger partial charge on any atom is -0.490 e. The van der Waals surface area contributed by atoms with Crippen molar-refractivity contribution in [3.63, 3.8) is 0 Å². The first-order chi connectivity index (χ1) is 17.5. The molecule has 2 aromatic rings. The maximum absolute atomic E-state index is 12.8. The number of nitriles is 1. The van der Waals surface area contributed by atoms with Crippen LogP contribution >= 0.6 is 11.6 Å². The summed E-state index contributed by atoms with van der Waals surface area (Å²) in [6.45, 7) is 1.71. The number of methoxy groups -OCH3 is 2. The Balaban J connectivity index is 1.22. The number of piperidine rings is 1. The molecule has 1 aromatic heterocycles. The average molecular weight is 513 g/mol. The van der Waals surface area contributed by atoms with Gasteiger partial charge in [-0.3, -0.25) is 4.79 Å². The second kappa shape index (κ2) is 12.5. The summed E-state index contributed by atoms with van der Waals surface area (Å²) in [6.07, 6.45) is 5.91. The van der Waals surface area contributed by atoms with Crippen molar-refractivity contribution in [3.8, 4) is 11.8 Å². The van der Waals surface area contributed by atoms with Gasteiger partial charge in [-0.15, -0.1) is 10.2 Å². The predicted molar refractivity (Wildman–Crippen MR) is 136 cm³/mol. The van der Waals surface area contributed by atoms with Gasteiger partial charge in [0.05, 0.1) is 16.7 Å². The SMILES string of the molecule is COC(OC)C1CCN(c2ccc(C(=O)CC3CCC(Oc4ccc(C#N)c(Cl)c4)CC3)nn2)CC1. The number of carbonyl (C=O) groups is 1. The minimum atomic E-state index is -0.172. The lowest BCUT2D eigenvalue weighted by Gasteiger charge is -2.35. The van der Waals surface area contributed by atoms with E-state index >= 15 is 0 Å². The minimum absolute atomic E-state index is 0.0408. The summed E-state index contributed by atoms with van der Waals surface area (Å²) < 4.78 is 16.9. The van der Waals surface area contributed by atoms with E-state index in [0.717, 1.165) is 57.4 Å². The van der Waals surface area contributed by atoms with Crippen molar-refractivity contribution in [1.29, 1.82) is 5.26 Å². The molecular weight excluding hydrogens is 480 g/mol. The van der Waals surface area contributed by atoms with E-state index in [1.165, 1.54) is 0 Å². The molecule has 0 bridgehead atoms. The number of nitrogens with zero attached hydrogens (tertiary/aromatic N) is 4. The first-order valence-corrected chi connectivity index (χ1v) is 12.9. The molecule has 1 aromatic carbocycles. The number of ether oxygens (including phenoxy) is 3. The molecule has 192 valence electrons. The van der Waals surface area contributed by atoms with Crippen molar-refractivity contribution < 1.29 is 19.0 Å². The largest absolute Gasteiger partial charge is 0.490 e. The van der Waals surface area contributed by atoms with Gasteiger partial charge in [0.1, 0.15) is 17.5 Å². The molecular formula is C27H33ClN4O4. The van der Waals surface area contributed by atoms with E-state index < -0.39 is 0 Å². The number of rotatable bonds is 9. The maximum Gasteiger partial charge on any atom is 0.183 e. The summed E-state index contributed by atoms with van der Waals surface area (Å²) in [5.74, 6) is 2.20. The molecule has 1 saturated heterocycles. The molecule has 1 aliphatic carbocycles. The monoisotopic (exact) mass is 512 g/mol. The first kappa shape index (κ1) is 26.3. The Morgan fingerprint density at radius 1 is 1.08 bits per heavy atom. The number of ketones is 1. The molecule has 2 heterocycles. The van der Waals surface area contributed by atoms with Crippen LogP contribution in [0.2, 0.25) is 5.02 Å². The van der Waals surface area contributed by atoms with Crippen LogP contribution in [0.15, 0.2) is 30.3 Å². The highest BCUT2D eigenvalue weighted by Gasteiger charge is 2.28. The van der Waals surface area contributed by atoms with Gasteiger partial charge in [0.25, 0.3) is 0 Å². The second-order valence-electron chi connectivity index (χ2n) is 9.58. The fourth-order valence-electron chi connectivity index (χ4n) is 5.20. The highest BCUT2D eigenvalue weighted by Crippen LogP contribution is 2.32. The van der Waals surface area contributed by atoms with Gasteiger partial charge in [-0.05, 0) is 68.7 Å².